The molecule has 1 aromatic carbocycles. The van der Waals surface area contributed by atoms with E-state index in [9.17, 15) is 0 Å². The number of ether oxygens (including phenoxy) is 2. The van der Waals surface area contributed by atoms with Gasteiger partial charge in [0.25, 0.3) is 0 Å². The van der Waals surface area contributed by atoms with E-state index in [0.717, 1.165) is 29.5 Å². The van der Waals surface area contributed by atoms with Gasteiger partial charge in [-0.1, -0.05) is 15.9 Å². The molecule has 0 aliphatic carbocycles. The van der Waals surface area contributed by atoms with Gasteiger partial charge in [0.05, 0.1) is 19.3 Å². The van der Waals surface area contributed by atoms with Crippen LogP contribution >= 0.6 is 15.9 Å². The van der Waals surface area contributed by atoms with E-state index < -0.39 is 0 Å². The lowest BCUT2D eigenvalue weighted by Gasteiger charge is -2.24. The Kier molecular flexibility index (Phi) is 5.25. The quantitative estimate of drug-likeness (QED) is 0.901. The third-order valence-corrected chi connectivity index (χ3v) is 4.55. The predicted molar refractivity (Wildman–Crippen MR) is 80.8 cm³/mol. The molecule has 0 aromatic heterocycles. The summed E-state index contributed by atoms with van der Waals surface area (Å²) in [7, 11) is 3.70. The van der Waals surface area contributed by atoms with Crippen LogP contribution in [0.5, 0.6) is 5.75 Å². The van der Waals surface area contributed by atoms with Crippen molar-refractivity contribution in [1.29, 1.82) is 0 Å². The standard InChI is InChI=1S/C15H22BrNO2/c1-10-4-7-15(19-10)14(17-2)9-11-8-12(18-3)5-6-13(11)16/h5-6,8,10,14-15,17H,4,7,9H2,1-3H3. The second-order valence-corrected chi connectivity index (χ2v) is 5.97. The van der Waals surface area contributed by atoms with E-state index in [1.807, 2.05) is 19.2 Å². The Morgan fingerprint density at radius 1 is 1.47 bits per heavy atom. The number of likely N-dealkylation sites (N-methyl/N-ethyl adjacent to an activating group) is 1. The van der Waals surface area contributed by atoms with Gasteiger partial charge in [-0.25, -0.2) is 0 Å². The van der Waals surface area contributed by atoms with Crippen molar-refractivity contribution < 1.29 is 9.47 Å². The fraction of sp³-hybridized carbons (Fsp3) is 0.600. The second kappa shape index (κ2) is 6.73. The minimum Gasteiger partial charge on any atom is -0.497 e. The van der Waals surface area contributed by atoms with E-state index in [2.05, 4.69) is 34.2 Å². The average Bonchev–Trinajstić information content (AvgIpc) is 2.84. The Hall–Kier alpha value is -0.580. The monoisotopic (exact) mass is 327 g/mol. The molecule has 4 heteroatoms. The molecule has 3 atom stereocenters. The van der Waals surface area contributed by atoms with E-state index in [1.54, 1.807) is 7.11 Å². The molecular weight excluding hydrogens is 306 g/mol. The van der Waals surface area contributed by atoms with Gasteiger partial charge < -0.3 is 14.8 Å². The number of hydrogen-bond donors (Lipinski definition) is 1. The smallest absolute Gasteiger partial charge is 0.119 e. The molecule has 3 nitrogen and oxygen atoms in total. The molecule has 1 saturated heterocycles. The molecule has 0 amide bonds. The van der Waals surface area contributed by atoms with E-state index in [0.29, 0.717) is 18.2 Å². The molecule has 1 heterocycles. The summed E-state index contributed by atoms with van der Waals surface area (Å²) in [6.45, 7) is 2.15. The normalized spacial score (nSPS) is 24.4. The summed E-state index contributed by atoms with van der Waals surface area (Å²) >= 11 is 3.61. The van der Waals surface area contributed by atoms with Gasteiger partial charge in [-0.05, 0) is 57.0 Å². The van der Waals surface area contributed by atoms with Crippen molar-refractivity contribution in [2.24, 2.45) is 0 Å². The Morgan fingerprint density at radius 3 is 2.84 bits per heavy atom. The molecule has 1 aliphatic heterocycles. The third-order valence-electron chi connectivity index (χ3n) is 3.78. The molecule has 1 aliphatic rings. The highest BCUT2D eigenvalue weighted by Crippen LogP contribution is 2.27. The topological polar surface area (TPSA) is 30.5 Å². The number of benzene rings is 1. The number of hydrogen-bond acceptors (Lipinski definition) is 3. The fourth-order valence-corrected chi connectivity index (χ4v) is 3.03. The summed E-state index contributed by atoms with van der Waals surface area (Å²) in [5.41, 5.74) is 1.25. The Labute approximate surface area is 123 Å². The molecule has 0 saturated carbocycles. The molecule has 1 aromatic rings. The van der Waals surface area contributed by atoms with E-state index in [-0.39, 0.29) is 0 Å². The van der Waals surface area contributed by atoms with Gasteiger partial charge in [-0.3, -0.25) is 0 Å². The van der Waals surface area contributed by atoms with Crippen LogP contribution in [0, 0.1) is 0 Å². The lowest BCUT2D eigenvalue weighted by atomic mass is 9.99. The number of halogens is 1. The molecule has 1 fully saturated rings. The number of methoxy groups -OCH3 is 1. The lowest BCUT2D eigenvalue weighted by Crippen LogP contribution is -2.39. The van der Waals surface area contributed by atoms with Crippen molar-refractivity contribution >= 4 is 15.9 Å². The van der Waals surface area contributed by atoms with Crippen LogP contribution in [0.2, 0.25) is 0 Å². The molecular formula is C15H22BrNO2. The van der Waals surface area contributed by atoms with Crippen molar-refractivity contribution in [2.45, 2.75) is 44.4 Å². The SMILES string of the molecule is CNC(Cc1cc(OC)ccc1Br)C1CCC(C)O1. The van der Waals surface area contributed by atoms with Gasteiger partial charge in [0, 0.05) is 10.5 Å². The zero-order chi connectivity index (χ0) is 13.8. The third kappa shape index (κ3) is 3.71. The van der Waals surface area contributed by atoms with Crippen LogP contribution in [0.3, 0.4) is 0 Å². The van der Waals surface area contributed by atoms with E-state index >= 15 is 0 Å². The summed E-state index contributed by atoms with van der Waals surface area (Å²) in [4.78, 5) is 0. The minimum absolute atomic E-state index is 0.304. The molecule has 0 spiro atoms. The summed E-state index contributed by atoms with van der Waals surface area (Å²) in [6.07, 6.45) is 3.91. The van der Waals surface area contributed by atoms with Gasteiger partial charge in [-0.2, -0.15) is 0 Å². The van der Waals surface area contributed by atoms with Gasteiger partial charge >= 0.3 is 0 Å². The molecule has 2 rings (SSSR count). The van der Waals surface area contributed by atoms with Crippen molar-refractivity contribution in [3.8, 4) is 5.75 Å². The molecule has 0 bridgehead atoms. The first-order chi connectivity index (χ1) is 9.13. The maximum atomic E-state index is 5.97. The van der Waals surface area contributed by atoms with Crippen LogP contribution in [0.1, 0.15) is 25.3 Å². The molecule has 1 N–H and O–H groups in total. The van der Waals surface area contributed by atoms with Crippen LogP contribution in [0.15, 0.2) is 22.7 Å². The van der Waals surface area contributed by atoms with Crippen LogP contribution in [0.4, 0.5) is 0 Å². The zero-order valence-corrected chi connectivity index (χ0v) is 13.4. The molecule has 3 unspecified atom stereocenters. The first-order valence-electron chi connectivity index (χ1n) is 6.79. The Bertz CT molecular complexity index is 425. The summed E-state index contributed by atoms with van der Waals surface area (Å²) in [5.74, 6) is 0.897. The second-order valence-electron chi connectivity index (χ2n) is 5.12. The zero-order valence-electron chi connectivity index (χ0n) is 11.8. The largest absolute Gasteiger partial charge is 0.497 e. The van der Waals surface area contributed by atoms with Gasteiger partial charge in [0.1, 0.15) is 5.75 Å². The number of nitrogens with one attached hydrogen (secondary N) is 1. The van der Waals surface area contributed by atoms with E-state index in [1.165, 1.54) is 5.56 Å². The minimum atomic E-state index is 0.304. The first kappa shape index (κ1) is 14.8. The van der Waals surface area contributed by atoms with E-state index in [4.69, 9.17) is 9.47 Å². The summed E-state index contributed by atoms with van der Waals surface area (Å²) < 4.78 is 12.4. The number of rotatable bonds is 5. The maximum Gasteiger partial charge on any atom is 0.119 e. The highest BCUT2D eigenvalue weighted by molar-refractivity contribution is 9.10. The average molecular weight is 328 g/mol. The first-order valence-corrected chi connectivity index (χ1v) is 7.58. The van der Waals surface area contributed by atoms with Crippen molar-refractivity contribution in [3.05, 3.63) is 28.2 Å². The molecule has 0 radical (unpaired) electrons. The highest BCUT2D eigenvalue weighted by atomic mass is 79.9. The van der Waals surface area contributed by atoms with Crippen molar-refractivity contribution in [3.63, 3.8) is 0 Å². The highest BCUT2D eigenvalue weighted by Gasteiger charge is 2.29. The summed E-state index contributed by atoms with van der Waals surface area (Å²) in [6, 6.07) is 6.44. The molecule has 19 heavy (non-hydrogen) atoms. The van der Waals surface area contributed by atoms with Gasteiger partial charge in [0.15, 0.2) is 0 Å². The fourth-order valence-electron chi connectivity index (χ4n) is 2.62. The summed E-state index contributed by atoms with van der Waals surface area (Å²) in [5, 5.41) is 3.39. The molecule has 106 valence electrons. The van der Waals surface area contributed by atoms with Crippen LogP contribution in [-0.2, 0) is 11.2 Å². The van der Waals surface area contributed by atoms with Gasteiger partial charge in [0.2, 0.25) is 0 Å². The predicted octanol–water partition coefficient (Wildman–Crippen LogP) is 3.16. The Morgan fingerprint density at radius 2 is 2.26 bits per heavy atom. The maximum absolute atomic E-state index is 5.97. The van der Waals surface area contributed by atoms with Crippen LogP contribution in [0.25, 0.3) is 0 Å². The lowest BCUT2D eigenvalue weighted by molar-refractivity contribution is 0.0337. The van der Waals surface area contributed by atoms with Crippen molar-refractivity contribution in [1.82, 2.24) is 5.32 Å². The Balaban J connectivity index is 2.09. The van der Waals surface area contributed by atoms with Crippen molar-refractivity contribution in [2.75, 3.05) is 14.2 Å². The van der Waals surface area contributed by atoms with Gasteiger partial charge in [-0.15, -0.1) is 0 Å². The van der Waals surface area contributed by atoms with Crippen LogP contribution in [-0.4, -0.2) is 32.4 Å². The van der Waals surface area contributed by atoms with Crippen LogP contribution < -0.4 is 10.1 Å².